The number of rotatable bonds is 5. The summed E-state index contributed by atoms with van der Waals surface area (Å²) < 4.78 is 5.20. The number of nitrogens with two attached hydrogens (primary N) is 1. The van der Waals surface area contributed by atoms with Gasteiger partial charge in [-0.25, -0.2) is 4.79 Å². The van der Waals surface area contributed by atoms with Gasteiger partial charge in [0.05, 0.1) is 0 Å². The second-order valence-corrected chi connectivity index (χ2v) is 5.75. The number of nitriles is 1. The summed E-state index contributed by atoms with van der Waals surface area (Å²) in [6.45, 7) is 9.07. The normalized spacial score (nSPS) is 11.8. The van der Waals surface area contributed by atoms with E-state index in [0.717, 1.165) is 4.90 Å². The molecule has 21 heavy (non-hydrogen) atoms. The second kappa shape index (κ2) is 8.27. The number of carbonyl (C=O) groups excluding carboxylic acids is 2. The molecule has 7 nitrogen and oxygen atoms in total. The van der Waals surface area contributed by atoms with Gasteiger partial charge in [-0.15, -0.1) is 0 Å². The van der Waals surface area contributed by atoms with E-state index in [1.165, 1.54) is 6.20 Å². The first kappa shape index (κ1) is 18.9. The van der Waals surface area contributed by atoms with Crippen LogP contribution < -0.4 is 11.1 Å². The third kappa shape index (κ3) is 7.95. The predicted octanol–water partition coefficient (Wildman–Crippen LogP) is 1.11. The van der Waals surface area contributed by atoms with Crippen LogP contribution >= 0.6 is 0 Å². The summed E-state index contributed by atoms with van der Waals surface area (Å²) in [5.41, 5.74) is 4.59. The van der Waals surface area contributed by atoms with Gasteiger partial charge in [0, 0.05) is 25.3 Å². The monoisotopic (exact) mass is 296 g/mol. The summed E-state index contributed by atoms with van der Waals surface area (Å²) in [6, 6.07) is 1.66. The number of ether oxygens (including phenoxy) is 1. The lowest BCUT2D eigenvalue weighted by Gasteiger charge is -2.25. The molecule has 0 saturated heterocycles. The van der Waals surface area contributed by atoms with E-state index in [-0.39, 0.29) is 24.7 Å². The largest absolute Gasteiger partial charge is 0.443 e. The summed E-state index contributed by atoms with van der Waals surface area (Å²) in [6.07, 6.45) is 0.511. The zero-order valence-corrected chi connectivity index (χ0v) is 13.3. The van der Waals surface area contributed by atoms with Crippen LogP contribution in [0.25, 0.3) is 0 Å². The Kier molecular flexibility index (Phi) is 7.45. The minimum absolute atomic E-state index is 0.112. The molecule has 0 saturated carbocycles. The second-order valence-electron chi connectivity index (χ2n) is 5.75. The standard InChI is InChI=1S/C14H24N4O3/c1-10(2)17-12(19)11(8-16)9-18(7-6-15)13(20)21-14(3,4)5/h9-10H,6-7,15H2,1-5H3,(H,17,19)/b11-9-. The minimum atomic E-state index is -0.676. The molecule has 0 aliphatic heterocycles. The van der Waals surface area contributed by atoms with Crippen LogP contribution in [0, 0.1) is 11.3 Å². The lowest BCUT2D eigenvalue weighted by molar-refractivity contribution is -0.117. The number of hydrogen-bond donors (Lipinski definition) is 2. The van der Waals surface area contributed by atoms with Crippen molar-refractivity contribution >= 4 is 12.0 Å². The van der Waals surface area contributed by atoms with Crippen molar-refractivity contribution in [3.05, 3.63) is 11.8 Å². The fourth-order valence-electron chi connectivity index (χ4n) is 1.30. The third-order valence-electron chi connectivity index (χ3n) is 2.07. The molecule has 0 aliphatic rings. The predicted molar refractivity (Wildman–Crippen MR) is 79.0 cm³/mol. The number of nitrogens with zero attached hydrogens (tertiary/aromatic N) is 2. The zero-order chi connectivity index (χ0) is 16.6. The van der Waals surface area contributed by atoms with Crippen LogP contribution in [0.2, 0.25) is 0 Å². The first-order chi connectivity index (χ1) is 9.60. The van der Waals surface area contributed by atoms with Gasteiger partial charge >= 0.3 is 6.09 Å². The molecule has 0 aliphatic carbocycles. The molecule has 0 atom stereocenters. The van der Waals surface area contributed by atoms with E-state index < -0.39 is 17.6 Å². The van der Waals surface area contributed by atoms with E-state index in [9.17, 15) is 9.59 Å². The first-order valence-corrected chi connectivity index (χ1v) is 6.73. The molecular weight excluding hydrogens is 272 g/mol. The zero-order valence-electron chi connectivity index (χ0n) is 13.3. The highest BCUT2D eigenvalue weighted by molar-refractivity contribution is 5.97. The molecule has 0 heterocycles. The Bertz CT molecular complexity index is 444. The first-order valence-electron chi connectivity index (χ1n) is 6.73. The number of carbonyl (C=O) groups is 2. The molecule has 7 heteroatoms. The molecule has 0 aromatic carbocycles. The van der Waals surface area contributed by atoms with Gasteiger partial charge in [0.25, 0.3) is 5.91 Å². The highest BCUT2D eigenvalue weighted by atomic mass is 16.6. The third-order valence-corrected chi connectivity index (χ3v) is 2.07. The summed E-state index contributed by atoms with van der Waals surface area (Å²) >= 11 is 0. The topological polar surface area (TPSA) is 108 Å². The van der Waals surface area contributed by atoms with Crippen LogP contribution in [-0.2, 0) is 9.53 Å². The van der Waals surface area contributed by atoms with Gasteiger partial charge in [-0.1, -0.05) is 0 Å². The molecular formula is C14H24N4O3. The quantitative estimate of drug-likeness (QED) is 0.583. The van der Waals surface area contributed by atoms with Crippen molar-refractivity contribution in [3.8, 4) is 6.07 Å². The Balaban J connectivity index is 5.18. The number of nitrogens with one attached hydrogen (secondary N) is 1. The van der Waals surface area contributed by atoms with E-state index in [1.807, 2.05) is 0 Å². The van der Waals surface area contributed by atoms with E-state index in [0.29, 0.717) is 0 Å². The molecule has 0 radical (unpaired) electrons. The summed E-state index contributed by atoms with van der Waals surface area (Å²) in [4.78, 5) is 25.0. The molecule has 0 bridgehead atoms. The highest BCUT2D eigenvalue weighted by Crippen LogP contribution is 2.11. The van der Waals surface area contributed by atoms with Crippen LogP contribution in [0.1, 0.15) is 34.6 Å². The van der Waals surface area contributed by atoms with Gasteiger partial charge in [-0.2, -0.15) is 5.26 Å². The van der Waals surface area contributed by atoms with Crippen molar-refractivity contribution in [1.82, 2.24) is 10.2 Å². The van der Waals surface area contributed by atoms with E-state index in [1.54, 1.807) is 40.7 Å². The fourth-order valence-corrected chi connectivity index (χ4v) is 1.30. The highest BCUT2D eigenvalue weighted by Gasteiger charge is 2.22. The van der Waals surface area contributed by atoms with E-state index in [4.69, 9.17) is 15.7 Å². The van der Waals surface area contributed by atoms with Crippen molar-refractivity contribution in [1.29, 1.82) is 5.26 Å². The maximum atomic E-state index is 12.0. The lowest BCUT2D eigenvalue weighted by Crippen LogP contribution is -2.38. The summed E-state index contributed by atoms with van der Waals surface area (Å²) in [5, 5.41) is 11.6. The molecule has 0 aromatic rings. The number of hydrogen-bond acceptors (Lipinski definition) is 5. The van der Waals surface area contributed by atoms with Crippen LogP contribution in [0.3, 0.4) is 0 Å². The molecule has 3 N–H and O–H groups in total. The van der Waals surface area contributed by atoms with Gasteiger partial charge in [0.1, 0.15) is 17.2 Å². The van der Waals surface area contributed by atoms with Crippen LogP contribution in [0.5, 0.6) is 0 Å². The summed E-state index contributed by atoms with van der Waals surface area (Å²) in [5.74, 6) is -0.543. The Hall–Kier alpha value is -2.07. The van der Waals surface area contributed by atoms with Gasteiger partial charge in [0.2, 0.25) is 0 Å². The maximum Gasteiger partial charge on any atom is 0.414 e. The lowest BCUT2D eigenvalue weighted by atomic mass is 10.2. The van der Waals surface area contributed by atoms with Crippen molar-refractivity contribution < 1.29 is 14.3 Å². The van der Waals surface area contributed by atoms with Crippen molar-refractivity contribution in [2.24, 2.45) is 5.73 Å². The van der Waals surface area contributed by atoms with E-state index in [2.05, 4.69) is 5.32 Å². The van der Waals surface area contributed by atoms with Gasteiger partial charge in [0.15, 0.2) is 0 Å². The van der Waals surface area contributed by atoms with Gasteiger partial charge in [-0.05, 0) is 34.6 Å². The van der Waals surface area contributed by atoms with Crippen molar-refractivity contribution in [2.45, 2.75) is 46.3 Å². The van der Waals surface area contributed by atoms with Crippen LogP contribution in [0.15, 0.2) is 11.8 Å². The SMILES string of the molecule is CC(C)NC(=O)/C(C#N)=C\N(CCN)C(=O)OC(C)(C)C. The average molecular weight is 296 g/mol. The Morgan fingerprint density at radius 2 is 2.00 bits per heavy atom. The Labute approximate surface area is 125 Å². The molecule has 2 amide bonds. The maximum absolute atomic E-state index is 12.0. The molecule has 0 spiro atoms. The van der Waals surface area contributed by atoms with Crippen molar-refractivity contribution in [3.63, 3.8) is 0 Å². The van der Waals surface area contributed by atoms with Crippen LogP contribution in [-0.4, -0.2) is 41.6 Å². The molecule has 0 fully saturated rings. The Morgan fingerprint density at radius 3 is 2.38 bits per heavy atom. The molecule has 0 rings (SSSR count). The van der Waals surface area contributed by atoms with Gasteiger partial charge < -0.3 is 15.8 Å². The van der Waals surface area contributed by atoms with Gasteiger partial charge in [-0.3, -0.25) is 9.69 Å². The average Bonchev–Trinajstić information content (AvgIpc) is 2.30. The van der Waals surface area contributed by atoms with Crippen molar-refractivity contribution in [2.75, 3.05) is 13.1 Å². The minimum Gasteiger partial charge on any atom is -0.443 e. The molecule has 0 aromatic heterocycles. The van der Waals surface area contributed by atoms with Crippen LogP contribution in [0.4, 0.5) is 4.79 Å². The van der Waals surface area contributed by atoms with E-state index >= 15 is 0 Å². The Morgan fingerprint density at radius 1 is 1.43 bits per heavy atom. The smallest absolute Gasteiger partial charge is 0.414 e. The summed E-state index contributed by atoms with van der Waals surface area (Å²) in [7, 11) is 0. The molecule has 0 unspecified atom stereocenters. The number of amides is 2. The molecule has 118 valence electrons. The fraction of sp³-hybridized carbons (Fsp3) is 0.643.